The number of aliphatic hydroxyl groups excluding tert-OH is 8. The Balaban J connectivity index is 0.000000715. The largest absolute Gasteiger partial charge is 0.491 e. The van der Waals surface area contributed by atoms with Gasteiger partial charge in [0.2, 0.25) is 0 Å². The van der Waals surface area contributed by atoms with Crippen molar-refractivity contribution < 1.29 is 78.7 Å². The minimum atomic E-state index is -0.420. The third kappa shape index (κ3) is 52.0. The van der Waals surface area contributed by atoms with E-state index in [9.17, 15) is 15.3 Å². The lowest BCUT2D eigenvalue weighted by Crippen LogP contribution is -2.23. The molecule has 0 aliphatic rings. The van der Waals surface area contributed by atoms with Crippen LogP contribution in [0.15, 0.2) is 194 Å². The zero-order valence-corrected chi connectivity index (χ0v) is 80.6. The summed E-state index contributed by atoms with van der Waals surface area (Å²) < 4.78 is 44.5. The molecule has 8 rings (SSSR count). The second-order valence-electron chi connectivity index (χ2n) is 33.4. The van der Waals surface area contributed by atoms with Crippen molar-refractivity contribution in [3.63, 3.8) is 0 Å². The Labute approximate surface area is 757 Å². The van der Waals surface area contributed by atoms with Crippen LogP contribution in [0.1, 0.15) is 272 Å². The molecule has 0 aliphatic carbocycles. The second-order valence-corrected chi connectivity index (χ2v) is 33.4. The van der Waals surface area contributed by atoms with Gasteiger partial charge in [0.1, 0.15) is 98.9 Å². The van der Waals surface area contributed by atoms with Gasteiger partial charge in [-0.25, -0.2) is 0 Å². The normalized spacial score (nSPS) is 12.6. The summed E-state index contributed by atoms with van der Waals surface area (Å²) in [5.74, 6) is 9.97. The fourth-order valence-electron chi connectivity index (χ4n) is 12.8. The van der Waals surface area contributed by atoms with Gasteiger partial charge >= 0.3 is 0 Å². The lowest BCUT2D eigenvalue weighted by molar-refractivity contribution is 0.0697. The summed E-state index contributed by atoms with van der Waals surface area (Å²) in [6.07, 6.45) is 20.7. The van der Waals surface area contributed by atoms with Crippen molar-refractivity contribution in [2.45, 2.75) is 296 Å². The van der Waals surface area contributed by atoms with Crippen LogP contribution in [0.5, 0.6) is 46.0 Å². The molecule has 702 valence electrons. The molecular weight excluding hydrogens is 1570 g/mol. The van der Waals surface area contributed by atoms with Gasteiger partial charge < -0.3 is 78.7 Å². The number of rotatable bonds is 50. The van der Waals surface area contributed by atoms with Crippen molar-refractivity contribution in [1.29, 1.82) is 0 Å². The van der Waals surface area contributed by atoms with E-state index in [1.807, 2.05) is 166 Å². The molecule has 0 bridgehead atoms. The highest BCUT2D eigenvalue weighted by Crippen LogP contribution is 2.36. The van der Waals surface area contributed by atoms with Crippen LogP contribution in [-0.2, 0) is 43.9 Å². The molecule has 0 spiro atoms. The highest BCUT2D eigenvalue weighted by atomic mass is 16.5. The summed E-state index contributed by atoms with van der Waals surface area (Å²) in [5, 5.41) is 72.5. The van der Waals surface area contributed by atoms with E-state index in [-0.39, 0.29) is 43.9 Å². The lowest BCUT2D eigenvalue weighted by Gasteiger charge is -2.27. The van der Waals surface area contributed by atoms with Crippen molar-refractivity contribution >= 4 is 0 Å². The van der Waals surface area contributed by atoms with Crippen LogP contribution in [0.3, 0.4) is 0 Å². The van der Waals surface area contributed by atoms with E-state index < -0.39 is 18.3 Å². The van der Waals surface area contributed by atoms with Gasteiger partial charge in [0.05, 0.1) is 50.8 Å². The van der Waals surface area contributed by atoms with E-state index in [0.29, 0.717) is 76.5 Å². The first-order valence-corrected chi connectivity index (χ1v) is 47.1. The first-order valence-electron chi connectivity index (χ1n) is 47.1. The number of aliphatic hydroxyl groups is 8. The molecule has 0 fully saturated rings. The van der Waals surface area contributed by atoms with E-state index in [0.717, 1.165) is 110 Å². The minimum Gasteiger partial charge on any atom is -0.491 e. The Kier molecular flexibility index (Phi) is 66.9. The third-order valence-corrected chi connectivity index (χ3v) is 21.4. The number of para-hydroxylation sites is 8. The van der Waals surface area contributed by atoms with E-state index >= 15 is 0 Å². The maximum Gasteiger partial charge on any atom is 0.123 e. The fourth-order valence-corrected chi connectivity index (χ4v) is 12.8. The van der Waals surface area contributed by atoms with E-state index in [1.165, 1.54) is 109 Å². The second kappa shape index (κ2) is 72.8. The van der Waals surface area contributed by atoms with Gasteiger partial charge in [-0.15, -0.1) is 0 Å². The Morgan fingerprint density at radius 1 is 0.296 bits per heavy atom. The van der Waals surface area contributed by atoms with Gasteiger partial charge in [-0.05, 0) is 219 Å². The maximum atomic E-state index is 9.73. The number of ether oxygens (including phenoxy) is 8. The summed E-state index contributed by atoms with van der Waals surface area (Å²) in [4.78, 5) is 0. The van der Waals surface area contributed by atoms with E-state index in [2.05, 4.69) is 145 Å². The average Bonchev–Trinajstić information content (AvgIpc) is 0.830. The van der Waals surface area contributed by atoms with Gasteiger partial charge in [0, 0.05) is 0 Å². The summed E-state index contributed by atoms with van der Waals surface area (Å²) in [6, 6.07) is 64.6. The van der Waals surface area contributed by atoms with Crippen molar-refractivity contribution in [3.8, 4) is 46.0 Å². The van der Waals surface area contributed by atoms with Crippen LogP contribution in [0.4, 0.5) is 0 Å². The molecule has 0 radical (unpaired) electrons. The van der Waals surface area contributed by atoms with E-state index in [4.69, 9.17) is 63.4 Å². The first-order chi connectivity index (χ1) is 60.3. The van der Waals surface area contributed by atoms with Crippen molar-refractivity contribution in [2.24, 2.45) is 23.7 Å². The molecule has 8 unspecified atom stereocenters. The quantitative estimate of drug-likeness (QED) is 0.0177. The lowest BCUT2D eigenvalue weighted by atomic mass is 9.80. The molecule has 0 saturated carbocycles. The Bertz CT molecular complexity index is 3830. The molecule has 0 aliphatic heterocycles. The van der Waals surface area contributed by atoms with Crippen LogP contribution in [0.2, 0.25) is 0 Å². The molecule has 8 aromatic rings. The van der Waals surface area contributed by atoms with Gasteiger partial charge in [-0.3, -0.25) is 0 Å². The molecule has 8 aromatic carbocycles. The number of hydrogen-bond donors (Lipinski definition) is 8. The Morgan fingerprint density at radius 3 is 0.912 bits per heavy atom. The fraction of sp³-hybridized carbons (Fsp3) is 0.560. The SMILES string of the molecule is CCC(C)C(C)c1ccccc1OCCO.CCC(C)Cc1ccccc1OCC(C)O.CCC(C)Cc1ccccc1OCCO.CCCC(C)(C)c1ccccc1OCCO.CCCCc1ccccc1OCC(C)O.CCCCc1ccccc1OCC(O)C(C)C.CCCCc1ccccc1OCC(O)CC.CCCCc1ccccc1OCCO. The van der Waals surface area contributed by atoms with Gasteiger partial charge in [-0.1, -0.05) is 315 Å². The minimum absolute atomic E-state index is 0.0581. The van der Waals surface area contributed by atoms with Crippen molar-refractivity contribution in [2.75, 3.05) is 79.3 Å². The van der Waals surface area contributed by atoms with E-state index in [1.54, 1.807) is 13.8 Å². The summed E-state index contributed by atoms with van der Waals surface area (Å²) in [6.45, 7) is 43.6. The number of aryl methyl sites for hydroxylation is 4. The monoisotopic (exact) mass is 1740 g/mol. The highest BCUT2D eigenvalue weighted by Gasteiger charge is 2.24. The van der Waals surface area contributed by atoms with Crippen LogP contribution in [-0.4, -0.2) is 145 Å². The number of benzene rings is 8. The van der Waals surface area contributed by atoms with Crippen LogP contribution < -0.4 is 37.9 Å². The predicted molar refractivity (Wildman–Crippen MR) is 521 cm³/mol. The Morgan fingerprint density at radius 2 is 0.584 bits per heavy atom. The maximum absolute atomic E-state index is 9.73. The van der Waals surface area contributed by atoms with Gasteiger partial charge in [-0.2, -0.15) is 0 Å². The molecule has 8 atom stereocenters. The topological polar surface area (TPSA) is 236 Å². The average molecular weight is 1740 g/mol. The molecule has 0 aromatic heterocycles. The van der Waals surface area contributed by atoms with Crippen LogP contribution in [0.25, 0.3) is 0 Å². The summed E-state index contributed by atoms with van der Waals surface area (Å²) >= 11 is 0. The summed E-state index contributed by atoms with van der Waals surface area (Å²) in [5.41, 5.74) is 10.0. The zero-order valence-electron chi connectivity index (χ0n) is 80.6. The number of unbranched alkanes of at least 4 members (excludes halogenated alkanes) is 4. The van der Waals surface area contributed by atoms with Crippen molar-refractivity contribution in [1.82, 2.24) is 0 Å². The van der Waals surface area contributed by atoms with Crippen LogP contribution >= 0.6 is 0 Å². The molecular formula is C109H170O16. The molecule has 0 heterocycles. The van der Waals surface area contributed by atoms with Gasteiger partial charge in [0.15, 0.2) is 0 Å². The first kappa shape index (κ1) is 115. The highest BCUT2D eigenvalue weighted by molar-refractivity contribution is 5.41. The molecule has 0 amide bonds. The third-order valence-electron chi connectivity index (χ3n) is 21.4. The zero-order chi connectivity index (χ0) is 92.8. The Hall–Kier alpha value is -8.16. The number of hydrogen-bond acceptors (Lipinski definition) is 16. The predicted octanol–water partition coefficient (Wildman–Crippen LogP) is 23.8. The standard InChI is InChI=1S/C15H24O2.4C14H22O2.2C13H20O2.C12H18O2/c1-4-5-8-13-9-6-7-10-15(13)17-11-14(16)12(2)3;1-4-11(2)9-13-7-5-6-8-14(13)16-10-12(3)15;1-4-11(2)12(3)13-7-5-6-8-14(13)16-10-9-15;1-4-9-14(2,3)12-7-5-6-8-13(12)16-11-10-15;1-3-5-8-12-9-6-7-10-14(12)16-11-13(15)4-2;1-3-11(2)10-12-6-4-5-7-13(12)15-9-8-14;1-3-4-7-12-8-5-6-9-13(12)15-10-11(2)14;1-2-3-6-11-7-4-5-8-12(11)14-10-9-13/h6-7,9-10,12,14,16H,4-5,8,11H2,1-3H3;2*5-8,11-12,15H,4,9-10H2,1-3H3;5-8,15H,4,9-11H2,1-3H3;6-7,9-10,13,15H,3-5,8,11H2,1-2H3;4-7,11,14H,3,8-10H2,1-2H3;5-6,8-9,11,14H,3-4,7,10H2,1-2H3;4-5,7-8,13H,2-3,6,9-10H2,1H3. The molecule has 16 nitrogen and oxygen atoms in total. The molecule has 16 heteroatoms. The van der Waals surface area contributed by atoms with Crippen molar-refractivity contribution in [3.05, 3.63) is 239 Å². The molecule has 125 heavy (non-hydrogen) atoms. The summed E-state index contributed by atoms with van der Waals surface area (Å²) in [7, 11) is 0. The van der Waals surface area contributed by atoms with Gasteiger partial charge in [0.25, 0.3) is 0 Å². The molecule has 0 saturated heterocycles. The smallest absolute Gasteiger partial charge is 0.123 e. The molecule has 8 N–H and O–H groups in total. The van der Waals surface area contributed by atoms with Crippen LogP contribution in [0, 0.1) is 23.7 Å².